The maximum atomic E-state index is 13.2. The van der Waals surface area contributed by atoms with E-state index in [1.165, 1.54) is 24.3 Å². The van der Waals surface area contributed by atoms with Crippen LogP contribution in [-0.2, 0) is 12.8 Å². The van der Waals surface area contributed by atoms with E-state index in [1.807, 2.05) is 0 Å². The first-order valence-corrected chi connectivity index (χ1v) is 8.97. The molecule has 3 aromatic carbocycles. The van der Waals surface area contributed by atoms with E-state index in [1.54, 1.807) is 55.6 Å². The molecule has 3 nitrogen and oxygen atoms in total. The first kappa shape index (κ1) is 19.5. The van der Waals surface area contributed by atoms with Gasteiger partial charge in [-0.25, -0.2) is 8.78 Å². The highest BCUT2D eigenvalue weighted by Gasteiger charge is 2.16. The summed E-state index contributed by atoms with van der Waals surface area (Å²) in [6, 6.07) is 19.0. The summed E-state index contributed by atoms with van der Waals surface area (Å²) in [6.07, 6.45) is 1.04. The van der Waals surface area contributed by atoms with Gasteiger partial charge in [-0.3, -0.25) is 4.79 Å². The fraction of sp³-hybridized carbons (Fsp3) is 0.174. The van der Waals surface area contributed by atoms with Crippen LogP contribution in [0.1, 0.15) is 21.5 Å². The molecule has 0 heterocycles. The largest absolute Gasteiger partial charge is 0.497 e. The van der Waals surface area contributed by atoms with E-state index in [2.05, 4.69) is 5.32 Å². The number of methoxy groups -OCH3 is 1. The van der Waals surface area contributed by atoms with Crippen LogP contribution in [0.5, 0.6) is 5.75 Å². The van der Waals surface area contributed by atoms with Crippen LogP contribution in [0.3, 0.4) is 0 Å². The van der Waals surface area contributed by atoms with Crippen molar-refractivity contribution in [3.63, 3.8) is 0 Å². The molecule has 3 aromatic rings. The molecule has 0 aromatic heterocycles. The van der Waals surface area contributed by atoms with Crippen molar-refractivity contribution in [1.29, 1.82) is 0 Å². The Balaban J connectivity index is 1.78. The molecule has 0 atom stereocenters. The monoisotopic (exact) mass is 381 g/mol. The predicted molar refractivity (Wildman–Crippen MR) is 104 cm³/mol. The van der Waals surface area contributed by atoms with Crippen molar-refractivity contribution in [2.45, 2.75) is 18.9 Å². The number of amides is 1. The van der Waals surface area contributed by atoms with Crippen LogP contribution in [-0.4, -0.2) is 19.1 Å². The SMILES string of the molecule is COc1cccc(C(=O)NC(Cc2ccc(F)cc2)Cc2ccc(F)cc2)c1. The third-order valence-electron chi connectivity index (χ3n) is 4.46. The second-order valence-corrected chi connectivity index (χ2v) is 6.56. The molecule has 144 valence electrons. The molecule has 0 saturated heterocycles. The number of benzene rings is 3. The third-order valence-corrected chi connectivity index (χ3v) is 4.46. The lowest BCUT2D eigenvalue weighted by Crippen LogP contribution is -2.38. The summed E-state index contributed by atoms with van der Waals surface area (Å²) in [5.74, 6) is -0.243. The molecule has 0 bridgehead atoms. The lowest BCUT2D eigenvalue weighted by molar-refractivity contribution is 0.0936. The van der Waals surface area contributed by atoms with Gasteiger partial charge in [0.2, 0.25) is 0 Å². The molecule has 0 aliphatic carbocycles. The van der Waals surface area contributed by atoms with Crippen molar-refractivity contribution in [1.82, 2.24) is 5.32 Å². The molecule has 0 saturated carbocycles. The van der Waals surface area contributed by atoms with Crippen molar-refractivity contribution in [2.75, 3.05) is 7.11 Å². The zero-order valence-electron chi connectivity index (χ0n) is 15.5. The van der Waals surface area contributed by atoms with Crippen LogP contribution in [0.15, 0.2) is 72.8 Å². The van der Waals surface area contributed by atoms with Gasteiger partial charge in [-0.15, -0.1) is 0 Å². The summed E-state index contributed by atoms with van der Waals surface area (Å²) in [4.78, 5) is 12.7. The molecular formula is C23H21F2NO2. The highest BCUT2D eigenvalue weighted by atomic mass is 19.1. The van der Waals surface area contributed by atoms with Crippen molar-refractivity contribution in [2.24, 2.45) is 0 Å². The van der Waals surface area contributed by atoms with Gasteiger partial charge in [0, 0.05) is 11.6 Å². The average Bonchev–Trinajstić information content (AvgIpc) is 2.71. The number of carbonyl (C=O) groups excluding carboxylic acids is 1. The average molecular weight is 381 g/mol. The standard InChI is InChI=1S/C23H21F2NO2/c1-28-22-4-2-3-18(15-22)23(27)26-21(13-16-5-9-19(24)10-6-16)14-17-7-11-20(25)12-8-17/h2-12,15,21H,13-14H2,1H3,(H,26,27). The van der Waals surface area contributed by atoms with E-state index < -0.39 is 0 Å². The van der Waals surface area contributed by atoms with E-state index in [4.69, 9.17) is 4.74 Å². The molecule has 0 aliphatic heterocycles. The fourth-order valence-electron chi connectivity index (χ4n) is 3.02. The van der Waals surface area contributed by atoms with Crippen molar-refractivity contribution in [3.05, 3.63) is 101 Å². The van der Waals surface area contributed by atoms with Gasteiger partial charge in [-0.05, 0) is 66.4 Å². The van der Waals surface area contributed by atoms with Crippen LogP contribution in [0.4, 0.5) is 8.78 Å². The highest BCUT2D eigenvalue weighted by molar-refractivity contribution is 5.94. The van der Waals surface area contributed by atoms with Crippen LogP contribution < -0.4 is 10.1 Å². The zero-order valence-corrected chi connectivity index (χ0v) is 15.5. The van der Waals surface area contributed by atoms with Crippen LogP contribution in [0.2, 0.25) is 0 Å². The third kappa shape index (κ3) is 5.39. The van der Waals surface area contributed by atoms with Crippen LogP contribution in [0.25, 0.3) is 0 Å². The summed E-state index contributed by atoms with van der Waals surface area (Å²) in [7, 11) is 1.54. The maximum Gasteiger partial charge on any atom is 0.251 e. The lowest BCUT2D eigenvalue weighted by atomic mass is 9.98. The van der Waals surface area contributed by atoms with E-state index in [-0.39, 0.29) is 23.6 Å². The number of rotatable bonds is 7. The van der Waals surface area contributed by atoms with Gasteiger partial charge in [-0.1, -0.05) is 30.3 Å². The lowest BCUT2D eigenvalue weighted by Gasteiger charge is -2.19. The molecule has 0 fully saturated rings. The molecule has 1 amide bonds. The summed E-state index contributed by atoms with van der Waals surface area (Å²) >= 11 is 0. The molecule has 28 heavy (non-hydrogen) atoms. The molecule has 0 aliphatic rings. The Kier molecular flexibility index (Phi) is 6.37. The minimum atomic E-state index is -0.306. The van der Waals surface area contributed by atoms with Gasteiger partial charge in [0.25, 0.3) is 5.91 Å². The summed E-state index contributed by atoms with van der Waals surface area (Å²) in [5, 5.41) is 3.03. The first-order valence-electron chi connectivity index (χ1n) is 8.97. The van der Waals surface area contributed by atoms with Gasteiger partial charge in [0.05, 0.1) is 7.11 Å². The predicted octanol–water partition coefficient (Wildman–Crippen LogP) is 4.56. The van der Waals surface area contributed by atoms with E-state index >= 15 is 0 Å². The van der Waals surface area contributed by atoms with Crippen molar-refractivity contribution in [3.8, 4) is 5.75 Å². The Bertz CT molecular complexity index is 877. The number of carbonyl (C=O) groups is 1. The molecule has 0 radical (unpaired) electrons. The molecule has 1 N–H and O–H groups in total. The fourth-order valence-corrected chi connectivity index (χ4v) is 3.02. The Morgan fingerprint density at radius 1 is 0.893 bits per heavy atom. The number of nitrogens with one attached hydrogen (secondary N) is 1. The van der Waals surface area contributed by atoms with E-state index in [0.717, 1.165) is 11.1 Å². The normalized spacial score (nSPS) is 10.7. The van der Waals surface area contributed by atoms with Gasteiger partial charge >= 0.3 is 0 Å². The second kappa shape index (κ2) is 9.13. The summed E-state index contributed by atoms with van der Waals surface area (Å²) in [6.45, 7) is 0. The number of ether oxygens (including phenoxy) is 1. The van der Waals surface area contributed by atoms with Crippen LogP contribution >= 0.6 is 0 Å². The number of hydrogen-bond donors (Lipinski definition) is 1. The van der Waals surface area contributed by atoms with Gasteiger partial charge < -0.3 is 10.1 Å². The summed E-state index contributed by atoms with van der Waals surface area (Å²) in [5.41, 5.74) is 2.29. The van der Waals surface area contributed by atoms with Crippen LogP contribution in [0, 0.1) is 11.6 Å². The minimum Gasteiger partial charge on any atom is -0.497 e. The number of halogens is 2. The first-order chi connectivity index (χ1) is 13.5. The maximum absolute atomic E-state index is 13.2. The highest BCUT2D eigenvalue weighted by Crippen LogP contribution is 2.15. The quantitative estimate of drug-likeness (QED) is 0.652. The number of hydrogen-bond acceptors (Lipinski definition) is 2. The second-order valence-electron chi connectivity index (χ2n) is 6.56. The molecular weight excluding hydrogens is 360 g/mol. The molecule has 5 heteroatoms. The topological polar surface area (TPSA) is 38.3 Å². The smallest absolute Gasteiger partial charge is 0.251 e. The van der Waals surface area contributed by atoms with Gasteiger partial charge in [0.1, 0.15) is 17.4 Å². The molecule has 3 rings (SSSR count). The Hall–Kier alpha value is -3.21. The van der Waals surface area contributed by atoms with E-state index in [9.17, 15) is 13.6 Å². The summed E-state index contributed by atoms with van der Waals surface area (Å²) < 4.78 is 31.6. The zero-order chi connectivity index (χ0) is 19.9. The Morgan fingerprint density at radius 2 is 1.43 bits per heavy atom. The van der Waals surface area contributed by atoms with E-state index in [0.29, 0.717) is 24.2 Å². The minimum absolute atomic E-state index is 0.229. The van der Waals surface area contributed by atoms with Gasteiger partial charge in [0.15, 0.2) is 0 Å². The Labute approximate surface area is 163 Å². The van der Waals surface area contributed by atoms with Gasteiger partial charge in [-0.2, -0.15) is 0 Å². The Morgan fingerprint density at radius 3 is 1.93 bits per heavy atom. The molecule has 0 unspecified atom stereocenters. The molecule has 0 spiro atoms. The van der Waals surface area contributed by atoms with Crippen molar-refractivity contribution >= 4 is 5.91 Å². The van der Waals surface area contributed by atoms with Crippen molar-refractivity contribution < 1.29 is 18.3 Å².